The first-order valence-corrected chi connectivity index (χ1v) is 6.79. The molecule has 1 aromatic heterocycles. The summed E-state index contributed by atoms with van der Waals surface area (Å²) < 4.78 is 0. The van der Waals surface area contributed by atoms with Gasteiger partial charge in [0.05, 0.1) is 6.61 Å². The van der Waals surface area contributed by atoms with Crippen molar-refractivity contribution in [2.75, 3.05) is 31.6 Å². The molecule has 1 heterocycles. The van der Waals surface area contributed by atoms with Crippen LogP contribution in [0.4, 0.5) is 5.82 Å². The number of pyridine rings is 1. The van der Waals surface area contributed by atoms with Crippen LogP contribution in [-0.4, -0.2) is 36.8 Å². The SMILES string of the molecule is C=CCN(CCO)c1ncc(CNC)c2ccccc12. The Hall–Kier alpha value is -1.91. The van der Waals surface area contributed by atoms with Gasteiger partial charge < -0.3 is 15.3 Å². The predicted molar refractivity (Wildman–Crippen MR) is 84.0 cm³/mol. The van der Waals surface area contributed by atoms with E-state index in [1.807, 2.05) is 36.4 Å². The van der Waals surface area contributed by atoms with Crippen molar-refractivity contribution in [1.29, 1.82) is 0 Å². The van der Waals surface area contributed by atoms with Gasteiger partial charge in [0.25, 0.3) is 0 Å². The van der Waals surface area contributed by atoms with Gasteiger partial charge in [0.1, 0.15) is 5.82 Å². The highest BCUT2D eigenvalue weighted by atomic mass is 16.3. The van der Waals surface area contributed by atoms with Crippen LogP contribution in [0.3, 0.4) is 0 Å². The molecule has 0 aliphatic carbocycles. The number of hydrogen-bond donors (Lipinski definition) is 2. The number of hydrogen-bond acceptors (Lipinski definition) is 4. The molecule has 0 radical (unpaired) electrons. The van der Waals surface area contributed by atoms with E-state index in [0.717, 1.165) is 17.7 Å². The minimum absolute atomic E-state index is 0.0993. The van der Waals surface area contributed by atoms with Crippen molar-refractivity contribution in [2.45, 2.75) is 6.54 Å². The molecule has 1 aromatic carbocycles. The summed E-state index contributed by atoms with van der Waals surface area (Å²) in [5, 5.41) is 14.7. The van der Waals surface area contributed by atoms with Gasteiger partial charge in [-0.2, -0.15) is 0 Å². The van der Waals surface area contributed by atoms with Crippen LogP contribution in [0, 0.1) is 0 Å². The fourth-order valence-corrected chi connectivity index (χ4v) is 2.38. The highest BCUT2D eigenvalue weighted by molar-refractivity contribution is 5.94. The number of aliphatic hydroxyl groups is 1. The molecule has 0 amide bonds. The molecule has 106 valence electrons. The van der Waals surface area contributed by atoms with Crippen LogP contribution < -0.4 is 10.2 Å². The van der Waals surface area contributed by atoms with Crippen LogP contribution in [0.15, 0.2) is 43.1 Å². The zero-order valence-electron chi connectivity index (χ0n) is 11.8. The van der Waals surface area contributed by atoms with E-state index in [1.54, 1.807) is 0 Å². The summed E-state index contributed by atoms with van der Waals surface area (Å²) in [6.07, 6.45) is 3.73. The summed E-state index contributed by atoms with van der Waals surface area (Å²) in [5.74, 6) is 0.898. The predicted octanol–water partition coefficient (Wildman–Crippen LogP) is 1.94. The van der Waals surface area contributed by atoms with E-state index in [1.165, 1.54) is 10.9 Å². The molecule has 0 aliphatic rings. The Kier molecular flexibility index (Phi) is 5.09. The van der Waals surface area contributed by atoms with Crippen LogP contribution in [-0.2, 0) is 6.54 Å². The molecule has 0 atom stereocenters. The molecule has 2 aromatic rings. The third-order valence-corrected chi connectivity index (χ3v) is 3.24. The van der Waals surface area contributed by atoms with Gasteiger partial charge in [0.15, 0.2) is 0 Å². The number of nitrogens with one attached hydrogen (secondary N) is 1. The largest absolute Gasteiger partial charge is 0.395 e. The number of rotatable bonds is 7. The lowest BCUT2D eigenvalue weighted by Crippen LogP contribution is -2.28. The Morgan fingerprint density at radius 1 is 1.35 bits per heavy atom. The van der Waals surface area contributed by atoms with E-state index in [-0.39, 0.29) is 6.61 Å². The number of aromatic nitrogens is 1. The Morgan fingerprint density at radius 2 is 2.10 bits per heavy atom. The van der Waals surface area contributed by atoms with Crippen molar-refractivity contribution in [3.8, 4) is 0 Å². The zero-order chi connectivity index (χ0) is 14.4. The molecule has 4 heteroatoms. The lowest BCUT2D eigenvalue weighted by Gasteiger charge is -2.23. The number of nitrogens with zero attached hydrogens (tertiary/aromatic N) is 2. The topological polar surface area (TPSA) is 48.4 Å². The molecular weight excluding hydrogens is 250 g/mol. The van der Waals surface area contributed by atoms with Crippen LogP contribution in [0.5, 0.6) is 0 Å². The number of aliphatic hydroxyl groups excluding tert-OH is 1. The van der Waals surface area contributed by atoms with Gasteiger partial charge in [-0.3, -0.25) is 0 Å². The van der Waals surface area contributed by atoms with Gasteiger partial charge in [-0.25, -0.2) is 4.98 Å². The summed E-state index contributed by atoms with van der Waals surface area (Å²) in [5.41, 5.74) is 1.18. The van der Waals surface area contributed by atoms with Crippen LogP contribution in [0.2, 0.25) is 0 Å². The molecule has 2 N–H and O–H groups in total. The summed E-state index contributed by atoms with van der Waals surface area (Å²) >= 11 is 0. The summed E-state index contributed by atoms with van der Waals surface area (Å²) in [6, 6.07) is 8.24. The van der Waals surface area contributed by atoms with Crippen molar-refractivity contribution in [3.05, 3.63) is 48.7 Å². The van der Waals surface area contributed by atoms with Gasteiger partial charge in [-0.05, 0) is 18.0 Å². The number of fused-ring (bicyclic) bond motifs is 1. The molecular formula is C16H21N3O. The van der Waals surface area contributed by atoms with Crippen molar-refractivity contribution >= 4 is 16.6 Å². The molecule has 0 saturated heterocycles. The fourth-order valence-electron chi connectivity index (χ4n) is 2.38. The quantitative estimate of drug-likeness (QED) is 0.756. The first-order chi connectivity index (χ1) is 9.81. The molecule has 0 spiro atoms. The monoisotopic (exact) mass is 271 g/mol. The maximum Gasteiger partial charge on any atom is 0.136 e. The third-order valence-electron chi connectivity index (χ3n) is 3.24. The summed E-state index contributed by atoms with van der Waals surface area (Å²) in [6.45, 7) is 5.88. The molecule has 20 heavy (non-hydrogen) atoms. The smallest absolute Gasteiger partial charge is 0.136 e. The van der Waals surface area contributed by atoms with E-state index in [2.05, 4.69) is 29.0 Å². The standard InChI is InChI=1S/C16H21N3O/c1-3-8-19(9-10-20)16-15-7-5-4-6-14(15)13(11-17-2)12-18-16/h3-7,12,17,20H,1,8-11H2,2H3. The Morgan fingerprint density at radius 3 is 2.75 bits per heavy atom. The van der Waals surface area contributed by atoms with Gasteiger partial charge in [-0.1, -0.05) is 30.3 Å². The average molecular weight is 271 g/mol. The highest BCUT2D eigenvalue weighted by Crippen LogP contribution is 2.27. The van der Waals surface area contributed by atoms with Gasteiger partial charge in [-0.15, -0.1) is 6.58 Å². The van der Waals surface area contributed by atoms with Gasteiger partial charge in [0.2, 0.25) is 0 Å². The Bertz CT molecular complexity index is 583. The van der Waals surface area contributed by atoms with Gasteiger partial charge >= 0.3 is 0 Å². The van der Waals surface area contributed by atoms with Gasteiger partial charge in [0, 0.05) is 31.2 Å². The van der Waals surface area contributed by atoms with Crippen molar-refractivity contribution in [3.63, 3.8) is 0 Å². The third kappa shape index (κ3) is 2.98. The second-order valence-corrected chi connectivity index (χ2v) is 4.64. The second kappa shape index (κ2) is 7.03. The second-order valence-electron chi connectivity index (χ2n) is 4.64. The lowest BCUT2D eigenvalue weighted by atomic mass is 10.1. The number of anilines is 1. The summed E-state index contributed by atoms with van der Waals surface area (Å²) in [7, 11) is 1.93. The maximum atomic E-state index is 9.22. The van der Waals surface area contributed by atoms with Crippen molar-refractivity contribution in [2.24, 2.45) is 0 Å². The van der Waals surface area contributed by atoms with E-state index < -0.39 is 0 Å². The van der Waals surface area contributed by atoms with E-state index in [0.29, 0.717) is 13.1 Å². The molecule has 0 bridgehead atoms. The zero-order valence-corrected chi connectivity index (χ0v) is 11.8. The Labute approximate surface area is 119 Å². The van der Waals surface area contributed by atoms with Crippen molar-refractivity contribution in [1.82, 2.24) is 10.3 Å². The Balaban J connectivity index is 2.53. The molecule has 4 nitrogen and oxygen atoms in total. The van der Waals surface area contributed by atoms with Crippen molar-refractivity contribution < 1.29 is 5.11 Å². The minimum Gasteiger partial charge on any atom is -0.395 e. The lowest BCUT2D eigenvalue weighted by molar-refractivity contribution is 0.303. The van der Waals surface area contributed by atoms with E-state index in [4.69, 9.17) is 0 Å². The molecule has 0 saturated carbocycles. The normalized spacial score (nSPS) is 10.7. The minimum atomic E-state index is 0.0993. The van der Waals surface area contributed by atoms with Crippen LogP contribution in [0.1, 0.15) is 5.56 Å². The first kappa shape index (κ1) is 14.5. The maximum absolute atomic E-state index is 9.22. The highest BCUT2D eigenvalue weighted by Gasteiger charge is 2.12. The first-order valence-electron chi connectivity index (χ1n) is 6.79. The molecule has 0 aliphatic heterocycles. The van der Waals surface area contributed by atoms with Crippen LogP contribution >= 0.6 is 0 Å². The van der Waals surface area contributed by atoms with Crippen LogP contribution in [0.25, 0.3) is 10.8 Å². The number of benzene rings is 1. The molecule has 0 unspecified atom stereocenters. The van der Waals surface area contributed by atoms with E-state index >= 15 is 0 Å². The van der Waals surface area contributed by atoms with E-state index in [9.17, 15) is 5.11 Å². The summed E-state index contributed by atoms with van der Waals surface area (Å²) in [4.78, 5) is 6.63. The molecule has 0 fully saturated rings. The molecule has 2 rings (SSSR count). The average Bonchev–Trinajstić information content (AvgIpc) is 2.48. The fraction of sp³-hybridized carbons (Fsp3) is 0.312.